The Kier molecular flexibility index (Phi) is 2.87. The van der Waals surface area contributed by atoms with Crippen molar-refractivity contribution >= 4 is 20.7 Å². The Morgan fingerprint density at radius 1 is 1.35 bits per heavy atom. The molecule has 0 aliphatic carbocycles. The van der Waals surface area contributed by atoms with Gasteiger partial charge in [-0.1, -0.05) is 6.07 Å². The van der Waals surface area contributed by atoms with E-state index in [0.29, 0.717) is 11.1 Å². The van der Waals surface area contributed by atoms with Crippen LogP contribution in [0.15, 0.2) is 24.3 Å². The number of benzene rings is 1. The number of sulfone groups is 1. The zero-order valence-corrected chi connectivity index (χ0v) is 10.6. The van der Waals surface area contributed by atoms with Crippen LogP contribution in [0.4, 0.5) is 0 Å². The number of rotatable bonds is 3. The number of aromatic amines is 1. The third kappa shape index (κ3) is 2.29. The van der Waals surface area contributed by atoms with Gasteiger partial charge in [-0.3, -0.25) is 0 Å². The van der Waals surface area contributed by atoms with Crippen LogP contribution in [0.25, 0.3) is 10.9 Å². The Hall–Kier alpha value is -1.49. The molecule has 2 rings (SSSR count). The largest absolute Gasteiger partial charge is 0.507 e. The highest BCUT2D eigenvalue weighted by atomic mass is 32.2. The van der Waals surface area contributed by atoms with Gasteiger partial charge in [0, 0.05) is 16.6 Å². The van der Waals surface area contributed by atoms with Gasteiger partial charge in [-0.2, -0.15) is 0 Å². The van der Waals surface area contributed by atoms with Crippen LogP contribution >= 0.6 is 0 Å². The maximum atomic E-state index is 11.8. The lowest BCUT2D eigenvalue weighted by atomic mass is 10.2. The van der Waals surface area contributed by atoms with Crippen LogP contribution in [-0.2, 0) is 15.6 Å². The Morgan fingerprint density at radius 3 is 2.65 bits per heavy atom. The summed E-state index contributed by atoms with van der Waals surface area (Å²) >= 11 is 0. The summed E-state index contributed by atoms with van der Waals surface area (Å²) in [5.41, 5.74) is 1.36. The van der Waals surface area contributed by atoms with Crippen molar-refractivity contribution in [2.45, 2.75) is 24.9 Å². The first kappa shape index (κ1) is 12.0. The fraction of sp³-hybridized carbons (Fsp3) is 0.333. The van der Waals surface area contributed by atoms with Gasteiger partial charge in [0.1, 0.15) is 5.75 Å². The van der Waals surface area contributed by atoms with Gasteiger partial charge >= 0.3 is 0 Å². The minimum absolute atomic E-state index is 0.0290. The van der Waals surface area contributed by atoms with E-state index >= 15 is 0 Å². The fourth-order valence-electron chi connectivity index (χ4n) is 1.66. The zero-order valence-electron chi connectivity index (χ0n) is 9.77. The molecule has 0 aliphatic heterocycles. The van der Waals surface area contributed by atoms with Crippen LogP contribution in [0.3, 0.4) is 0 Å². The van der Waals surface area contributed by atoms with Gasteiger partial charge in [-0.25, -0.2) is 8.42 Å². The Labute approximate surface area is 100 Å². The molecule has 0 amide bonds. The highest BCUT2D eigenvalue weighted by molar-refractivity contribution is 7.91. The summed E-state index contributed by atoms with van der Waals surface area (Å²) in [6.45, 7) is 3.32. The predicted molar refractivity (Wildman–Crippen MR) is 67.7 cm³/mol. The normalized spacial score (nSPS) is 12.4. The topological polar surface area (TPSA) is 70.2 Å². The molecule has 2 aromatic rings. The van der Waals surface area contributed by atoms with Gasteiger partial charge in [-0.15, -0.1) is 0 Å². The van der Waals surface area contributed by atoms with Crippen molar-refractivity contribution < 1.29 is 13.5 Å². The van der Waals surface area contributed by atoms with E-state index in [1.54, 1.807) is 38.1 Å². The van der Waals surface area contributed by atoms with E-state index in [2.05, 4.69) is 4.98 Å². The number of aromatic hydroxyl groups is 1. The zero-order chi connectivity index (χ0) is 12.6. The predicted octanol–water partition coefficient (Wildman–Crippen LogP) is 2.20. The maximum absolute atomic E-state index is 11.8. The van der Waals surface area contributed by atoms with E-state index in [4.69, 9.17) is 0 Å². The van der Waals surface area contributed by atoms with Gasteiger partial charge in [0.15, 0.2) is 9.84 Å². The molecule has 0 saturated heterocycles. The van der Waals surface area contributed by atoms with Crippen molar-refractivity contribution in [3.8, 4) is 5.75 Å². The molecule has 0 spiro atoms. The summed E-state index contributed by atoms with van der Waals surface area (Å²) in [5, 5.41) is 9.88. The fourth-order valence-corrected chi connectivity index (χ4v) is 2.58. The van der Waals surface area contributed by atoms with Crippen LogP contribution in [0.2, 0.25) is 0 Å². The average Bonchev–Trinajstić information content (AvgIpc) is 2.60. The first-order valence-electron chi connectivity index (χ1n) is 5.41. The van der Waals surface area contributed by atoms with Crippen molar-refractivity contribution in [2.24, 2.45) is 0 Å². The van der Waals surface area contributed by atoms with E-state index in [1.165, 1.54) is 0 Å². The van der Waals surface area contributed by atoms with Crippen LogP contribution in [-0.4, -0.2) is 23.8 Å². The molecule has 0 bridgehead atoms. The van der Waals surface area contributed by atoms with Crippen LogP contribution in [0.1, 0.15) is 19.5 Å². The third-order valence-electron chi connectivity index (χ3n) is 2.77. The molecule has 0 atom stereocenters. The lowest BCUT2D eigenvalue weighted by Crippen LogP contribution is -2.16. The Bertz CT molecular complexity index is 641. The van der Waals surface area contributed by atoms with Gasteiger partial charge in [0.2, 0.25) is 0 Å². The smallest absolute Gasteiger partial charge is 0.158 e. The van der Waals surface area contributed by atoms with E-state index in [9.17, 15) is 13.5 Å². The van der Waals surface area contributed by atoms with Crippen molar-refractivity contribution in [1.29, 1.82) is 0 Å². The van der Waals surface area contributed by atoms with Crippen LogP contribution in [0.5, 0.6) is 5.75 Å². The summed E-state index contributed by atoms with van der Waals surface area (Å²) in [4.78, 5) is 3.01. The number of H-pyrrole nitrogens is 1. The lowest BCUT2D eigenvalue weighted by Gasteiger charge is -2.05. The summed E-state index contributed by atoms with van der Waals surface area (Å²) < 4.78 is 23.6. The lowest BCUT2D eigenvalue weighted by molar-refractivity contribution is 0.481. The second-order valence-corrected chi connectivity index (χ2v) is 6.95. The standard InChI is InChI=1S/C12H15NO3S/c1-8(2)17(15,16)7-9-6-10-11(13-9)4-3-5-12(10)14/h3-6,8,13-14H,7H2,1-2H3. The van der Waals surface area contributed by atoms with Gasteiger partial charge in [-0.05, 0) is 32.0 Å². The minimum Gasteiger partial charge on any atom is -0.507 e. The van der Waals surface area contributed by atoms with Gasteiger partial charge < -0.3 is 10.1 Å². The number of phenols is 1. The second kappa shape index (κ2) is 4.07. The highest BCUT2D eigenvalue weighted by Crippen LogP contribution is 2.26. The molecule has 0 fully saturated rings. The van der Waals surface area contributed by atoms with Gasteiger partial charge in [0.25, 0.3) is 0 Å². The molecule has 1 heterocycles. The molecule has 2 N–H and O–H groups in total. The molecule has 1 aromatic heterocycles. The molecule has 17 heavy (non-hydrogen) atoms. The highest BCUT2D eigenvalue weighted by Gasteiger charge is 2.18. The molecule has 92 valence electrons. The Morgan fingerprint density at radius 2 is 2.06 bits per heavy atom. The second-order valence-electron chi connectivity index (χ2n) is 4.39. The molecular formula is C12H15NO3S. The van der Waals surface area contributed by atoms with E-state index < -0.39 is 15.1 Å². The molecule has 0 aliphatic rings. The monoisotopic (exact) mass is 253 g/mol. The van der Waals surface area contributed by atoms with Crippen molar-refractivity contribution in [1.82, 2.24) is 4.98 Å². The molecular weight excluding hydrogens is 238 g/mol. The number of hydrogen-bond donors (Lipinski definition) is 2. The number of nitrogens with one attached hydrogen (secondary N) is 1. The van der Waals surface area contributed by atoms with Crippen molar-refractivity contribution in [3.05, 3.63) is 30.0 Å². The van der Waals surface area contributed by atoms with E-state index in [0.717, 1.165) is 5.52 Å². The van der Waals surface area contributed by atoms with Crippen molar-refractivity contribution in [3.63, 3.8) is 0 Å². The molecule has 0 unspecified atom stereocenters. The number of phenolic OH excluding ortho intramolecular Hbond substituents is 1. The summed E-state index contributed by atoms with van der Waals surface area (Å²) in [5.74, 6) is 0.130. The SMILES string of the molecule is CC(C)S(=O)(=O)Cc1cc2c(O)cccc2[nH]1. The van der Waals surface area contributed by atoms with E-state index in [-0.39, 0.29) is 11.5 Å². The minimum atomic E-state index is -3.12. The quantitative estimate of drug-likeness (QED) is 0.881. The van der Waals surface area contributed by atoms with E-state index in [1.807, 2.05) is 0 Å². The molecule has 0 radical (unpaired) electrons. The first-order valence-corrected chi connectivity index (χ1v) is 7.13. The first-order chi connectivity index (χ1) is 7.90. The summed E-state index contributed by atoms with van der Waals surface area (Å²) in [6, 6.07) is 6.79. The van der Waals surface area contributed by atoms with Crippen molar-refractivity contribution in [2.75, 3.05) is 0 Å². The third-order valence-corrected chi connectivity index (χ3v) is 4.92. The molecule has 4 nitrogen and oxygen atoms in total. The van der Waals surface area contributed by atoms with Gasteiger partial charge in [0.05, 0.1) is 11.0 Å². The summed E-state index contributed by atoms with van der Waals surface area (Å²) in [6.07, 6.45) is 0. The molecule has 0 saturated carbocycles. The number of aromatic nitrogens is 1. The van der Waals surface area contributed by atoms with Crippen LogP contribution in [0, 0.1) is 0 Å². The summed E-state index contributed by atoms with van der Waals surface area (Å²) in [7, 11) is -3.12. The number of hydrogen-bond acceptors (Lipinski definition) is 3. The Balaban J connectivity index is 2.42. The molecule has 1 aromatic carbocycles. The average molecular weight is 253 g/mol. The maximum Gasteiger partial charge on any atom is 0.158 e. The number of fused-ring (bicyclic) bond motifs is 1. The van der Waals surface area contributed by atoms with Crippen LogP contribution < -0.4 is 0 Å². The molecule has 5 heteroatoms.